The van der Waals surface area contributed by atoms with Gasteiger partial charge in [0.25, 0.3) is 0 Å². The Bertz CT molecular complexity index is 225. The summed E-state index contributed by atoms with van der Waals surface area (Å²) in [5.74, 6) is 0. The maximum absolute atomic E-state index is 4.14. The Labute approximate surface area is 87.5 Å². The zero-order chi connectivity index (χ0) is 9.68. The molecule has 2 unspecified atom stereocenters. The number of nitrogens with one attached hydrogen (secondary N) is 1. The molecule has 74 valence electrons. The minimum absolute atomic E-state index is 0.513. The van der Waals surface area contributed by atoms with Crippen LogP contribution in [0.4, 0.5) is 0 Å². The van der Waals surface area contributed by atoms with Gasteiger partial charge in [-0.3, -0.25) is 0 Å². The van der Waals surface area contributed by atoms with Crippen molar-refractivity contribution in [2.24, 2.45) is 0 Å². The number of thioether (sulfide) groups is 1. The van der Waals surface area contributed by atoms with Crippen molar-refractivity contribution < 1.29 is 0 Å². The third-order valence-electron chi connectivity index (χ3n) is 1.86. The van der Waals surface area contributed by atoms with Crippen molar-refractivity contribution in [1.82, 2.24) is 14.7 Å². The lowest BCUT2D eigenvalue weighted by molar-refractivity contribution is 0.563. The van der Waals surface area contributed by atoms with Crippen LogP contribution in [0.3, 0.4) is 0 Å². The van der Waals surface area contributed by atoms with Crippen LogP contribution >= 0.6 is 23.3 Å². The van der Waals surface area contributed by atoms with Crippen molar-refractivity contribution in [3.8, 4) is 0 Å². The van der Waals surface area contributed by atoms with E-state index in [4.69, 9.17) is 0 Å². The highest BCUT2D eigenvalue weighted by molar-refractivity contribution is 8.01. The summed E-state index contributed by atoms with van der Waals surface area (Å²) in [6.07, 6.45) is 1.61. The van der Waals surface area contributed by atoms with Crippen molar-refractivity contribution >= 4 is 23.3 Å². The van der Waals surface area contributed by atoms with Crippen LogP contribution in [0.5, 0.6) is 0 Å². The predicted molar refractivity (Wildman–Crippen MR) is 58.4 cm³/mol. The van der Waals surface area contributed by atoms with E-state index >= 15 is 0 Å². The highest BCUT2D eigenvalue weighted by Gasteiger charge is 2.13. The zero-order valence-electron chi connectivity index (χ0n) is 8.15. The molecule has 1 heterocycles. The molecule has 0 saturated carbocycles. The monoisotopic (exact) mass is 217 g/mol. The molecule has 0 aromatic carbocycles. The second kappa shape index (κ2) is 5.57. The van der Waals surface area contributed by atoms with Crippen LogP contribution in [0.2, 0.25) is 0 Å². The topological polar surface area (TPSA) is 37.8 Å². The van der Waals surface area contributed by atoms with Crippen molar-refractivity contribution in [3.05, 3.63) is 6.33 Å². The number of hydrogen-bond acceptors (Lipinski definition) is 5. The number of aromatic nitrogens is 2. The second-order valence-electron chi connectivity index (χ2n) is 2.88. The van der Waals surface area contributed by atoms with Crippen molar-refractivity contribution in [1.29, 1.82) is 0 Å². The first-order chi connectivity index (χ1) is 6.24. The number of nitrogens with zero attached hydrogens (tertiary/aromatic N) is 2. The minimum atomic E-state index is 0.513. The van der Waals surface area contributed by atoms with Gasteiger partial charge in [0.1, 0.15) is 6.33 Å². The van der Waals surface area contributed by atoms with E-state index in [1.807, 2.05) is 0 Å². The Morgan fingerprint density at radius 3 is 2.92 bits per heavy atom. The van der Waals surface area contributed by atoms with Gasteiger partial charge in [0.2, 0.25) is 0 Å². The van der Waals surface area contributed by atoms with Gasteiger partial charge in [-0.15, -0.1) is 0 Å². The molecule has 0 fully saturated rings. The van der Waals surface area contributed by atoms with Crippen LogP contribution in [-0.2, 0) is 0 Å². The highest BCUT2D eigenvalue weighted by Crippen LogP contribution is 2.25. The van der Waals surface area contributed by atoms with Crippen molar-refractivity contribution in [2.75, 3.05) is 6.54 Å². The summed E-state index contributed by atoms with van der Waals surface area (Å²) in [6, 6.07) is 0.513. The molecule has 0 aliphatic heterocycles. The fourth-order valence-electron chi connectivity index (χ4n) is 0.964. The van der Waals surface area contributed by atoms with Gasteiger partial charge < -0.3 is 5.32 Å². The van der Waals surface area contributed by atoms with Crippen LogP contribution in [-0.4, -0.2) is 27.2 Å². The van der Waals surface area contributed by atoms with Crippen LogP contribution < -0.4 is 5.32 Å². The molecule has 0 saturated heterocycles. The summed E-state index contributed by atoms with van der Waals surface area (Å²) in [6.45, 7) is 7.54. The molecular formula is C8H15N3S2. The average Bonchev–Trinajstić information content (AvgIpc) is 2.57. The Balaban J connectivity index is 2.36. The number of hydrogen-bond donors (Lipinski definition) is 1. The largest absolute Gasteiger partial charge is 0.313 e. The van der Waals surface area contributed by atoms with Crippen LogP contribution in [0, 0.1) is 0 Å². The molecule has 1 N–H and O–H groups in total. The van der Waals surface area contributed by atoms with Gasteiger partial charge in [-0.1, -0.05) is 25.6 Å². The van der Waals surface area contributed by atoms with E-state index in [-0.39, 0.29) is 0 Å². The van der Waals surface area contributed by atoms with Gasteiger partial charge in [0.05, 0.1) is 0 Å². The SMILES string of the molecule is CCNC(C)C(C)Sc1ncns1. The summed E-state index contributed by atoms with van der Waals surface area (Å²) in [7, 11) is 0. The van der Waals surface area contributed by atoms with E-state index in [0.717, 1.165) is 10.9 Å². The van der Waals surface area contributed by atoms with Gasteiger partial charge >= 0.3 is 0 Å². The average molecular weight is 217 g/mol. The normalized spacial score (nSPS) is 15.6. The van der Waals surface area contributed by atoms with E-state index in [0.29, 0.717) is 11.3 Å². The molecule has 0 radical (unpaired) electrons. The van der Waals surface area contributed by atoms with Crippen LogP contribution in [0.15, 0.2) is 10.7 Å². The Morgan fingerprint density at radius 1 is 1.62 bits per heavy atom. The molecule has 5 heteroatoms. The first-order valence-electron chi connectivity index (χ1n) is 4.40. The third kappa shape index (κ3) is 3.62. The van der Waals surface area contributed by atoms with E-state index < -0.39 is 0 Å². The van der Waals surface area contributed by atoms with Gasteiger partial charge in [-0.05, 0) is 25.0 Å². The minimum Gasteiger partial charge on any atom is -0.313 e. The molecule has 0 aliphatic rings. The highest BCUT2D eigenvalue weighted by atomic mass is 32.2. The summed E-state index contributed by atoms with van der Waals surface area (Å²) in [4.78, 5) is 4.14. The summed E-state index contributed by atoms with van der Waals surface area (Å²) >= 11 is 3.24. The smallest absolute Gasteiger partial charge is 0.170 e. The van der Waals surface area contributed by atoms with Crippen molar-refractivity contribution in [2.45, 2.75) is 36.4 Å². The quantitative estimate of drug-likeness (QED) is 0.766. The van der Waals surface area contributed by atoms with Crippen LogP contribution in [0.1, 0.15) is 20.8 Å². The molecule has 1 aromatic heterocycles. The van der Waals surface area contributed by atoms with E-state index in [2.05, 4.69) is 35.4 Å². The summed E-state index contributed by atoms with van der Waals surface area (Å²) < 4.78 is 5.02. The second-order valence-corrected chi connectivity index (χ2v) is 5.28. The summed E-state index contributed by atoms with van der Waals surface area (Å²) in [5, 5.41) is 3.93. The molecule has 2 atom stereocenters. The summed E-state index contributed by atoms with van der Waals surface area (Å²) in [5.41, 5.74) is 0. The maximum Gasteiger partial charge on any atom is 0.170 e. The maximum atomic E-state index is 4.14. The van der Waals surface area contributed by atoms with Crippen LogP contribution in [0.25, 0.3) is 0 Å². The predicted octanol–water partition coefficient (Wildman–Crippen LogP) is 2.02. The van der Waals surface area contributed by atoms with E-state index in [1.54, 1.807) is 18.1 Å². The standard InChI is InChI=1S/C8H15N3S2/c1-4-9-6(2)7(3)12-8-10-5-11-13-8/h5-7,9H,4H2,1-3H3. The third-order valence-corrected chi connectivity index (χ3v) is 3.92. The van der Waals surface area contributed by atoms with E-state index in [9.17, 15) is 0 Å². The fourth-order valence-corrected chi connectivity index (χ4v) is 2.73. The molecule has 3 nitrogen and oxygen atoms in total. The molecule has 13 heavy (non-hydrogen) atoms. The lowest BCUT2D eigenvalue weighted by Crippen LogP contribution is -2.33. The van der Waals surface area contributed by atoms with Gasteiger partial charge in [-0.25, -0.2) is 4.98 Å². The van der Waals surface area contributed by atoms with E-state index in [1.165, 1.54) is 11.5 Å². The molecule has 0 amide bonds. The molecule has 0 aliphatic carbocycles. The Morgan fingerprint density at radius 2 is 2.38 bits per heavy atom. The lowest BCUT2D eigenvalue weighted by atomic mass is 10.2. The molecule has 0 bridgehead atoms. The van der Waals surface area contributed by atoms with Gasteiger partial charge in [0.15, 0.2) is 4.34 Å². The fraction of sp³-hybridized carbons (Fsp3) is 0.750. The van der Waals surface area contributed by atoms with Gasteiger partial charge in [0, 0.05) is 11.3 Å². The first kappa shape index (κ1) is 10.9. The van der Waals surface area contributed by atoms with Gasteiger partial charge in [-0.2, -0.15) is 4.37 Å². The molecule has 1 rings (SSSR count). The zero-order valence-corrected chi connectivity index (χ0v) is 9.78. The Kier molecular flexibility index (Phi) is 4.69. The Hall–Kier alpha value is -0.130. The van der Waals surface area contributed by atoms with Crippen molar-refractivity contribution in [3.63, 3.8) is 0 Å². The molecule has 0 spiro atoms. The molecule has 1 aromatic rings. The lowest BCUT2D eigenvalue weighted by Gasteiger charge is -2.18. The molecular weight excluding hydrogens is 202 g/mol. The first-order valence-corrected chi connectivity index (χ1v) is 6.06. The number of rotatable bonds is 5.